The van der Waals surface area contributed by atoms with Gasteiger partial charge in [-0.15, -0.1) is 0 Å². The molecule has 0 atom stereocenters. The molecule has 0 aliphatic carbocycles. The third kappa shape index (κ3) is 3.98. The summed E-state index contributed by atoms with van der Waals surface area (Å²) in [7, 11) is -3.88. The van der Waals surface area contributed by atoms with E-state index in [2.05, 4.69) is 25.0 Å². The van der Waals surface area contributed by atoms with E-state index < -0.39 is 21.7 Å². The van der Waals surface area contributed by atoms with Crippen molar-refractivity contribution in [1.82, 2.24) is 15.0 Å². The predicted molar refractivity (Wildman–Crippen MR) is 86.6 cm³/mol. The van der Waals surface area contributed by atoms with Gasteiger partial charge in [-0.1, -0.05) is 12.1 Å². The molecular weight excluding hydrogens is 351 g/mol. The number of fused-ring (bicyclic) bond motifs is 1. The van der Waals surface area contributed by atoms with Crippen molar-refractivity contribution in [3.8, 4) is 0 Å². The van der Waals surface area contributed by atoms with Gasteiger partial charge in [0.2, 0.25) is 15.9 Å². The summed E-state index contributed by atoms with van der Waals surface area (Å²) in [6, 6.07) is 9.85. The molecule has 3 aromatic rings. The molecule has 10 heteroatoms. The van der Waals surface area contributed by atoms with Crippen LogP contribution in [0, 0.1) is 5.82 Å². The lowest BCUT2D eigenvalue weighted by atomic mass is 10.3. The number of amides is 1. The Hall–Kier alpha value is -2.85. The number of nitrogens with zero attached hydrogens (tertiary/aromatic N) is 2. The fourth-order valence-electron chi connectivity index (χ4n) is 2.16. The summed E-state index contributed by atoms with van der Waals surface area (Å²) >= 11 is 0. The molecule has 1 aromatic heterocycles. The van der Waals surface area contributed by atoms with Crippen molar-refractivity contribution in [2.24, 2.45) is 0 Å². The Balaban J connectivity index is 1.61. The van der Waals surface area contributed by atoms with Gasteiger partial charge in [-0.25, -0.2) is 22.2 Å². The maximum Gasteiger partial charge on any atom is 0.242 e. The van der Waals surface area contributed by atoms with E-state index in [1.54, 1.807) is 6.07 Å². The van der Waals surface area contributed by atoms with Crippen molar-refractivity contribution in [3.63, 3.8) is 0 Å². The molecule has 0 saturated heterocycles. The third-order valence-electron chi connectivity index (χ3n) is 3.29. The van der Waals surface area contributed by atoms with Crippen LogP contribution >= 0.6 is 0 Å². The molecule has 0 unspecified atom stereocenters. The lowest BCUT2D eigenvalue weighted by Gasteiger charge is -2.08. The topological polar surface area (TPSA) is 114 Å². The van der Waals surface area contributed by atoms with Crippen LogP contribution in [-0.4, -0.2) is 31.2 Å². The Labute approximate surface area is 142 Å². The Kier molecular flexibility index (Phi) is 4.72. The Morgan fingerprint density at radius 2 is 1.96 bits per heavy atom. The van der Waals surface area contributed by atoms with Crippen LogP contribution in [-0.2, 0) is 14.8 Å². The fourth-order valence-corrected chi connectivity index (χ4v) is 3.35. The summed E-state index contributed by atoms with van der Waals surface area (Å²) in [6.45, 7) is -0.134. The molecule has 3 rings (SSSR count). The number of hydrogen-bond donors (Lipinski definition) is 2. The number of rotatable bonds is 6. The van der Waals surface area contributed by atoms with E-state index in [1.165, 1.54) is 36.4 Å². The summed E-state index contributed by atoms with van der Waals surface area (Å²) < 4.78 is 44.6. The molecule has 8 nitrogen and oxygen atoms in total. The highest BCUT2D eigenvalue weighted by Gasteiger charge is 2.20. The number of sulfonamides is 1. The average Bonchev–Trinajstić information content (AvgIpc) is 3.03. The van der Waals surface area contributed by atoms with Crippen LogP contribution in [0.4, 0.5) is 10.1 Å². The van der Waals surface area contributed by atoms with Gasteiger partial charge in [-0.3, -0.25) is 4.79 Å². The van der Waals surface area contributed by atoms with Gasteiger partial charge in [0.05, 0.1) is 0 Å². The highest BCUT2D eigenvalue weighted by atomic mass is 32.2. The van der Waals surface area contributed by atoms with E-state index in [0.717, 1.165) is 0 Å². The highest BCUT2D eigenvalue weighted by Crippen LogP contribution is 2.19. The molecule has 0 spiro atoms. The van der Waals surface area contributed by atoms with Gasteiger partial charge in [0, 0.05) is 18.7 Å². The standard InChI is InChI=1S/C15H13FN4O4S/c16-10-3-1-4-11(9-10)18-14(21)7-8-17-25(22,23)13-6-2-5-12-15(13)20-24-19-12/h1-6,9,17H,7-8H2,(H,18,21). The molecule has 0 saturated carbocycles. The summed E-state index contributed by atoms with van der Waals surface area (Å²) in [5.41, 5.74) is 0.720. The van der Waals surface area contributed by atoms with E-state index in [1.807, 2.05) is 0 Å². The normalized spacial score (nSPS) is 11.6. The summed E-state index contributed by atoms with van der Waals surface area (Å²) in [6.07, 6.45) is -0.122. The molecule has 25 heavy (non-hydrogen) atoms. The van der Waals surface area contributed by atoms with Crippen molar-refractivity contribution in [2.45, 2.75) is 11.3 Å². The van der Waals surface area contributed by atoms with E-state index in [4.69, 9.17) is 0 Å². The smallest absolute Gasteiger partial charge is 0.242 e. The number of hydrogen-bond acceptors (Lipinski definition) is 6. The number of aromatic nitrogens is 2. The number of halogens is 1. The van der Waals surface area contributed by atoms with Gasteiger partial charge in [-0.2, -0.15) is 0 Å². The van der Waals surface area contributed by atoms with Gasteiger partial charge in [0.1, 0.15) is 16.2 Å². The lowest BCUT2D eigenvalue weighted by molar-refractivity contribution is -0.116. The molecule has 0 aliphatic heterocycles. The SMILES string of the molecule is O=C(CCNS(=O)(=O)c1cccc2nonc12)Nc1cccc(F)c1. The minimum Gasteiger partial charge on any atom is -0.326 e. The second-order valence-electron chi connectivity index (χ2n) is 5.09. The first-order valence-electron chi connectivity index (χ1n) is 7.22. The summed E-state index contributed by atoms with van der Waals surface area (Å²) in [5, 5.41) is 9.64. The minimum absolute atomic E-state index is 0.0863. The number of carbonyl (C=O) groups is 1. The predicted octanol–water partition coefficient (Wildman–Crippen LogP) is 1.67. The molecule has 0 radical (unpaired) electrons. The van der Waals surface area contributed by atoms with Crippen molar-refractivity contribution in [1.29, 1.82) is 0 Å². The zero-order valence-electron chi connectivity index (χ0n) is 12.8. The highest BCUT2D eigenvalue weighted by molar-refractivity contribution is 7.89. The van der Waals surface area contributed by atoms with Crippen LogP contribution in [0.5, 0.6) is 0 Å². The number of carbonyl (C=O) groups excluding carboxylic acids is 1. The molecule has 2 N–H and O–H groups in total. The molecule has 1 heterocycles. The van der Waals surface area contributed by atoms with Crippen LogP contribution in [0.2, 0.25) is 0 Å². The Morgan fingerprint density at radius 1 is 1.16 bits per heavy atom. The quantitative estimate of drug-likeness (QED) is 0.688. The summed E-state index contributed by atoms with van der Waals surface area (Å²) in [4.78, 5) is 11.7. The van der Waals surface area contributed by atoms with Crippen molar-refractivity contribution >= 4 is 32.7 Å². The molecular formula is C15H13FN4O4S. The van der Waals surface area contributed by atoms with Gasteiger partial charge in [-0.05, 0) is 40.6 Å². The van der Waals surface area contributed by atoms with E-state index in [-0.39, 0.29) is 23.4 Å². The van der Waals surface area contributed by atoms with Crippen LogP contribution in [0.15, 0.2) is 52.0 Å². The van der Waals surface area contributed by atoms with Crippen LogP contribution < -0.4 is 10.0 Å². The average molecular weight is 364 g/mol. The number of anilines is 1. The van der Waals surface area contributed by atoms with E-state index in [9.17, 15) is 17.6 Å². The molecule has 0 aliphatic rings. The zero-order valence-corrected chi connectivity index (χ0v) is 13.6. The third-order valence-corrected chi connectivity index (χ3v) is 4.78. The maximum absolute atomic E-state index is 13.1. The van der Waals surface area contributed by atoms with Gasteiger partial charge in [0.15, 0.2) is 5.52 Å². The first-order valence-corrected chi connectivity index (χ1v) is 8.70. The Morgan fingerprint density at radius 3 is 2.76 bits per heavy atom. The fraction of sp³-hybridized carbons (Fsp3) is 0.133. The van der Waals surface area contributed by atoms with Crippen molar-refractivity contribution in [3.05, 3.63) is 48.3 Å². The largest absolute Gasteiger partial charge is 0.326 e. The minimum atomic E-state index is -3.88. The van der Waals surface area contributed by atoms with Crippen LogP contribution in [0.1, 0.15) is 6.42 Å². The second kappa shape index (κ2) is 6.95. The lowest BCUT2D eigenvalue weighted by Crippen LogP contribution is -2.28. The van der Waals surface area contributed by atoms with Crippen LogP contribution in [0.3, 0.4) is 0 Å². The Bertz CT molecular complexity index is 1020. The van der Waals surface area contributed by atoms with E-state index >= 15 is 0 Å². The number of nitrogens with one attached hydrogen (secondary N) is 2. The molecule has 2 aromatic carbocycles. The van der Waals surface area contributed by atoms with Gasteiger partial charge in [0.25, 0.3) is 0 Å². The molecule has 0 fully saturated rings. The first-order chi connectivity index (χ1) is 12.0. The zero-order chi connectivity index (χ0) is 17.9. The van der Waals surface area contributed by atoms with Gasteiger partial charge >= 0.3 is 0 Å². The second-order valence-corrected chi connectivity index (χ2v) is 6.83. The monoisotopic (exact) mass is 364 g/mol. The maximum atomic E-state index is 13.1. The van der Waals surface area contributed by atoms with E-state index in [0.29, 0.717) is 11.2 Å². The molecule has 1 amide bonds. The first kappa shape index (κ1) is 17.0. The van der Waals surface area contributed by atoms with Crippen molar-refractivity contribution < 1.29 is 22.2 Å². The summed E-state index contributed by atoms with van der Waals surface area (Å²) in [5.74, 6) is -0.928. The molecule has 0 bridgehead atoms. The van der Waals surface area contributed by atoms with Gasteiger partial charge < -0.3 is 5.32 Å². The molecule has 130 valence electrons. The number of benzene rings is 2. The van der Waals surface area contributed by atoms with Crippen molar-refractivity contribution in [2.75, 3.05) is 11.9 Å². The van der Waals surface area contributed by atoms with Crippen LogP contribution in [0.25, 0.3) is 11.0 Å².